The van der Waals surface area contributed by atoms with Crippen molar-refractivity contribution in [2.24, 2.45) is 16.5 Å². The molecular weight excluding hydrogens is 368 g/mol. The summed E-state index contributed by atoms with van der Waals surface area (Å²) < 4.78 is 0. The second-order valence-corrected chi connectivity index (χ2v) is 9.35. The van der Waals surface area contributed by atoms with Crippen LogP contribution in [0.4, 0.5) is 5.69 Å². The van der Waals surface area contributed by atoms with Gasteiger partial charge in [0, 0.05) is 18.8 Å². The Labute approximate surface area is 171 Å². The number of thioether (sulfide) groups is 1. The van der Waals surface area contributed by atoms with Gasteiger partial charge in [0.25, 0.3) is 0 Å². The van der Waals surface area contributed by atoms with Gasteiger partial charge in [-0.15, -0.1) is 0 Å². The van der Waals surface area contributed by atoms with Gasteiger partial charge >= 0.3 is 0 Å². The zero-order chi connectivity index (χ0) is 19.1. The minimum absolute atomic E-state index is 0.0991. The normalized spacial score (nSPS) is 27.5. The molecule has 4 aliphatic rings. The molecule has 1 saturated heterocycles. The summed E-state index contributed by atoms with van der Waals surface area (Å²) in [5.41, 5.74) is 17.1. The summed E-state index contributed by atoms with van der Waals surface area (Å²) in [4.78, 5) is 12.7. The Morgan fingerprint density at radius 2 is 1.82 bits per heavy atom. The van der Waals surface area contributed by atoms with Crippen LogP contribution in [0.25, 0.3) is 0 Å². The maximum Gasteiger partial charge on any atom is 0.145 e. The van der Waals surface area contributed by atoms with Crippen LogP contribution in [0.5, 0.6) is 0 Å². The number of aliphatic imine (C=N–C) groups is 1. The predicted molar refractivity (Wildman–Crippen MR) is 117 cm³/mol. The molecule has 3 aliphatic heterocycles. The number of hydrogen-bond donors (Lipinski definition) is 2. The second-order valence-electron chi connectivity index (χ2n) is 8.20. The van der Waals surface area contributed by atoms with E-state index in [1.807, 2.05) is 6.34 Å². The summed E-state index contributed by atoms with van der Waals surface area (Å²) in [5, 5.41) is 0. The number of benzene rings is 1. The first kappa shape index (κ1) is 18.5. The highest BCUT2D eigenvalue weighted by Gasteiger charge is 2.37. The molecule has 1 aromatic carbocycles. The summed E-state index contributed by atoms with van der Waals surface area (Å²) in [5.74, 6) is 0.972. The molecule has 7 heteroatoms. The van der Waals surface area contributed by atoms with E-state index in [4.69, 9.17) is 16.5 Å². The highest BCUT2D eigenvalue weighted by atomic mass is 32.2. The Hall–Kier alpha value is -1.54. The third-order valence-electron chi connectivity index (χ3n) is 6.41. The molecule has 2 atom stereocenters. The molecule has 0 bridgehead atoms. The molecule has 2 unspecified atom stereocenters. The number of anilines is 1. The highest BCUT2D eigenvalue weighted by molar-refractivity contribution is 8.03. The summed E-state index contributed by atoms with van der Waals surface area (Å²) in [6, 6.07) is 6.71. The van der Waals surface area contributed by atoms with Crippen LogP contribution in [-0.2, 0) is 12.8 Å². The van der Waals surface area contributed by atoms with Crippen molar-refractivity contribution < 1.29 is 0 Å². The van der Waals surface area contributed by atoms with E-state index in [1.165, 1.54) is 62.7 Å². The number of rotatable bonds is 4. The van der Waals surface area contributed by atoms with Crippen molar-refractivity contribution >= 4 is 23.8 Å². The second kappa shape index (κ2) is 7.71. The van der Waals surface area contributed by atoms with Crippen LogP contribution in [0.3, 0.4) is 0 Å². The van der Waals surface area contributed by atoms with E-state index >= 15 is 0 Å². The molecule has 0 spiro atoms. The minimum atomic E-state index is -0.219. The van der Waals surface area contributed by atoms with Crippen molar-refractivity contribution in [3.05, 3.63) is 40.1 Å². The summed E-state index contributed by atoms with van der Waals surface area (Å²) in [6.45, 7) is 4.37. The van der Waals surface area contributed by atoms with Crippen LogP contribution in [0, 0.1) is 0 Å². The molecule has 0 radical (unpaired) electrons. The van der Waals surface area contributed by atoms with E-state index in [2.05, 4.69) is 32.9 Å². The smallest absolute Gasteiger partial charge is 0.145 e. The van der Waals surface area contributed by atoms with Crippen molar-refractivity contribution in [1.29, 1.82) is 0 Å². The standard InChI is InChI=1S/C21H30N6S/c22-19-18-20(26(21(23)28-18)12-11-25-9-2-1-3-10-25)24-14-27(19)17-8-7-15-5-4-6-16(15)13-17/h7-8,13-14,19,21H,1-6,9-12,22-23H2. The largest absolute Gasteiger partial charge is 0.330 e. The lowest BCUT2D eigenvalue weighted by atomic mass is 10.1. The fourth-order valence-corrected chi connectivity index (χ4v) is 5.90. The van der Waals surface area contributed by atoms with Crippen molar-refractivity contribution in [1.82, 2.24) is 9.80 Å². The Bertz CT molecular complexity index is 800. The number of nitrogens with two attached hydrogens (primary N) is 2. The molecule has 0 aromatic heterocycles. The number of nitrogens with zero attached hydrogens (tertiary/aromatic N) is 4. The van der Waals surface area contributed by atoms with Gasteiger partial charge < -0.3 is 26.2 Å². The number of hydrogen-bond acceptors (Lipinski definition) is 7. The van der Waals surface area contributed by atoms with Crippen molar-refractivity contribution in [3.63, 3.8) is 0 Å². The van der Waals surface area contributed by atoms with Crippen molar-refractivity contribution in [3.8, 4) is 0 Å². The lowest BCUT2D eigenvalue weighted by Gasteiger charge is -2.33. The van der Waals surface area contributed by atoms with E-state index in [-0.39, 0.29) is 11.7 Å². The van der Waals surface area contributed by atoms with Gasteiger partial charge in [0.05, 0.1) is 11.2 Å². The van der Waals surface area contributed by atoms with Crippen LogP contribution in [0.2, 0.25) is 0 Å². The van der Waals surface area contributed by atoms with Gasteiger partial charge in [-0.25, -0.2) is 4.99 Å². The van der Waals surface area contributed by atoms with Crippen LogP contribution >= 0.6 is 11.8 Å². The quantitative estimate of drug-likeness (QED) is 0.810. The Balaban J connectivity index is 1.31. The van der Waals surface area contributed by atoms with Crippen molar-refractivity contribution in [2.75, 3.05) is 31.1 Å². The molecule has 0 amide bonds. The molecule has 0 saturated carbocycles. The number of fused-ring (bicyclic) bond motifs is 1. The number of likely N-dealkylation sites (tertiary alicyclic amines) is 1. The van der Waals surface area contributed by atoms with Crippen molar-refractivity contribution in [2.45, 2.75) is 50.2 Å². The molecule has 6 nitrogen and oxygen atoms in total. The topological polar surface area (TPSA) is 74.1 Å². The third-order valence-corrected chi connectivity index (χ3v) is 7.58. The van der Waals surface area contributed by atoms with E-state index in [9.17, 15) is 0 Å². The molecular formula is C21H30N6S. The zero-order valence-electron chi connectivity index (χ0n) is 16.4. The maximum atomic E-state index is 6.67. The first-order chi connectivity index (χ1) is 13.7. The van der Waals surface area contributed by atoms with E-state index in [0.717, 1.165) is 29.5 Å². The minimum Gasteiger partial charge on any atom is -0.330 e. The van der Waals surface area contributed by atoms with Crippen LogP contribution in [0.15, 0.2) is 33.9 Å². The Morgan fingerprint density at radius 3 is 2.68 bits per heavy atom. The highest BCUT2D eigenvalue weighted by Crippen LogP contribution is 2.41. The molecule has 150 valence electrons. The summed E-state index contributed by atoms with van der Waals surface area (Å²) >= 11 is 1.66. The van der Waals surface area contributed by atoms with E-state index < -0.39 is 0 Å². The molecule has 28 heavy (non-hydrogen) atoms. The molecule has 4 N–H and O–H groups in total. The van der Waals surface area contributed by atoms with Crippen LogP contribution in [0.1, 0.15) is 36.8 Å². The monoisotopic (exact) mass is 398 g/mol. The van der Waals surface area contributed by atoms with Gasteiger partial charge in [0.15, 0.2) is 0 Å². The lowest BCUT2D eigenvalue weighted by Crippen LogP contribution is -2.45. The molecule has 5 rings (SSSR count). The first-order valence-corrected chi connectivity index (χ1v) is 11.4. The third kappa shape index (κ3) is 3.34. The Kier molecular flexibility index (Phi) is 5.09. The predicted octanol–water partition coefficient (Wildman–Crippen LogP) is 2.25. The van der Waals surface area contributed by atoms with Gasteiger partial charge in [0.1, 0.15) is 17.5 Å². The number of aryl methyl sites for hydroxylation is 2. The summed E-state index contributed by atoms with van der Waals surface area (Å²) in [6.07, 6.45) is 9.28. The van der Waals surface area contributed by atoms with Gasteiger partial charge in [-0.1, -0.05) is 24.2 Å². The zero-order valence-corrected chi connectivity index (χ0v) is 17.2. The van der Waals surface area contributed by atoms with E-state index in [0.29, 0.717) is 0 Å². The molecule has 1 fully saturated rings. The first-order valence-electron chi connectivity index (χ1n) is 10.6. The van der Waals surface area contributed by atoms with Crippen LogP contribution in [-0.4, -0.2) is 54.0 Å². The van der Waals surface area contributed by atoms with Gasteiger partial charge in [-0.3, -0.25) is 0 Å². The van der Waals surface area contributed by atoms with E-state index in [1.54, 1.807) is 11.8 Å². The maximum absolute atomic E-state index is 6.67. The lowest BCUT2D eigenvalue weighted by molar-refractivity contribution is 0.196. The number of piperidine rings is 1. The molecule has 3 heterocycles. The van der Waals surface area contributed by atoms with Gasteiger partial charge in [-0.2, -0.15) is 0 Å². The molecule has 1 aliphatic carbocycles. The fraction of sp³-hybridized carbons (Fsp3) is 0.571. The average Bonchev–Trinajstić information content (AvgIpc) is 3.31. The Morgan fingerprint density at radius 1 is 1.00 bits per heavy atom. The molecule has 1 aromatic rings. The van der Waals surface area contributed by atoms with Gasteiger partial charge in [0.2, 0.25) is 0 Å². The summed E-state index contributed by atoms with van der Waals surface area (Å²) in [7, 11) is 0. The fourth-order valence-electron chi connectivity index (χ4n) is 4.77. The van der Waals surface area contributed by atoms with Crippen LogP contribution < -0.4 is 16.4 Å². The SMILES string of the molecule is NC1SC2=C(N=CN(c3ccc4c(c3)CCC4)C2N)N1CCN1CCCCC1. The van der Waals surface area contributed by atoms with Gasteiger partial charge in [-0.05, 0) is 68.5 Å². The average molecular weight is 399 g/mol.